The van der Waals surface area contributed by atoms with Gasteiger partial charge in [-0.15, -0.1) is 0 Å². The maximum absolute atomic E-state index is 11.9. The van der Waals surface area contributed by atoms with Gasteiger partial charge in [0.1, 0.15) is 0 Å². The third-order valence-corrected chi connectivity index (χ3v) is 12.8. The first-order chi connectivity index (χ1) is 16.5. The van der Waals surface area contributed by atoms with Gasteiger partial charge in [0.2, 0.25) is 10.0 Å². The van der Waals surface area contributed by atoms with E-state index in [1.807, 2.05) is 0 Å². The molecular formula is C29H48N2O3S. The molecule has 0 amide bonds. The predicted octanol–water partition coefficient (Wildman–Crippen LogP) is 5.03. The van der Waals surface area contributed by atoms with Crippen molar-refractivity contribution in [3.05, 3.63) is 11.1 Å². The van der Waals surface area contributed by atoms with Gasteiger partial charge in [-0.3, -0.25) is 0 Å². The minimum atomic E-state index is -3.13. The number of hydrogen-bond acceptors (Lipinski definition) is 4. The van der Waals surface area contributed by atoms with Gasteiger partial charge in [-0.2, -0.15) is 0 Å². The molecule has 35 heavy (non-hydrogen) atoms. The van der Waals surface area contributed by atoms with Gasteiger partial charge in [0, 0.05) is 18.0 Å². The lowest BCUT2D eigenvalue weighted by Gasteiger charge is -2.54. The lowest BCUT2D eigenvalue weighted by atomic mass is 9.52. The van der Waals surface area contributed by atoms with Gasteiger partial charge in [-0.05, 0) is 113 Å². The Kier molecular flexibility index (Phi) is 6.07. The molecule has 5 fully saturated rings. The van der Waals surface area contributed by atoms with Crippen LogP contribution in [-0.2, 0) is 14.8 Å². The van der Waals surface area contributed by atoms with Crippen LogP contribution in [0.5, 0.6) is 0 Å². The van der Waals surface area contributed by atoms with Crippen molar-refractivity contribution in [1.29, 1.82) is 0 Å². The fourth-order valence-corrected chi connectivity index (χ4v) is 11.1. The van der Waals surface area contributed by atoms with Crippen LogP contribution in [0.1, 0.15) is 91.9 Å². The smallest absolute Gasteiger partial charge is 0.208 e. The average Bonchev–Trinajstić information content (AvgIpc) is 3.23. The first-order valence-electron chi connectivity index (χ1n) is 14.6. The molecule has 0 aromatic heterocycles. The third kappa shape index (κ3) is 4.08. The topological polar surface area (TPSA) is 67.4 Å². The van der Waals surface area contributed by atoms with Crippen molar-refractivity contribution >= 4 is 10.0 Å². The van der Waals surface area contributed by atoms with Crippen LogP contribution >= 0.6 is 0 Å². The van der Waals surface area contributed by atoms with Crippen LogP contribution in [0.3, 0.4) is 0 Å². The molecule has 198 valence electrons. The number of nitrogens with one attached hydrogen (secondary N) is 2. The zero-order valence-electron chi connectivity index (χ0n) is 22.6. The van der Waals surface area contributed by atoms with Crippen LogP contribution in [-0.4, -0.2) is 45.0 Å². The van der Waals surface area contributed by atoms with Crippen LogP contribution in [0.4, 0.5) is 0 Å². The number of ether oxygens (including phenoxy) is 1. The summed E-state index contributed by atoms with van der Waals surface area (Å²) in [6.07, 6.45) is 13.6. The van der Waals surface area contributed by atoms with Crippen LogP contribution in [0.2, 0.25) is 0 Å². The summed E-state index contributed by atoms with van der Waals surface area (Å²) >= 11 is 0. The van der Waals surface area contributed by atoms with Gasteiger partial charge >= 0.3 is 0 Å². The highest BCUT2D eigenvalue weighted by atomic mass is 32.2. The zero-order chi connectivity index (χ0) is 24.8. The molecule has 5 nitrogen and oxygen atoms in total. The Morgan fingerprint density at radius 3 is 2.66 bits per heavy atom. The molecule has 0 aromatic carbocycles. The van der Waals surface area contributed by atoms with E-state index in [2.05, 4.69) is 37.7 Å². The Morgan fingerprint density at radius 2 is 1.89 bits per heavy atom. The molecule has 6 heteroatoms. The second kappa shape index (κ2) is 8.54. The van der Waals surface area contributed by atoms with E-state index in [-0.39, 0.29) is 11.6 Å². The van der Waals surface area contributed by atoms with Gasteiger partial charge in [-0.25, -0.2) is 13.1 Å². The number of fused-ring (bicyclic) bond motifs is 6. The van der Waals surface area contributed by atoms with Crippen molar-refractivity contribution in [3.8, 4) is 0 Å². The van der Waals surface area contributed by atoms with E-state index in [0.717, 1.165) is 43.6 Å². The van der Waals surface area contributed by atoms with Gasteiger partial charge in [0.15, 0.2) is 0 Å². The summed E-state index contributed by atoms with van der Waals surface area (Å²) in [5.41, 5.74) is 3.83. The van der Waals surface area contributed by atoms with E-state index < -0.39 is 10.0 Å². The highest BCUT2D eigenvalue weighted by molar-refractivity contribution is 7.88. The van der Waals surface area contributed by atoms with Crippen LogP contribution in [0.25, 0.3) is 0 Å². The highest BCUT2D eigenvalue weighted by Gasteiger charge is 2.59. The van der Waals surface area contributed by atoms with E-state index in [9.17, 15) is 8.42 Å². The van der Waals surface area contributed by atoms with E-state index >= 15 is 0 Å². The van der Waals surface area contributed by atoms with Crippen LogP contribution in [0.15, 0.2) is 11.1 Å². The SMILES string of the molecule is CC1=C2C[C@@H]3[C@@H](CC[C@@H]4C[C@@H](NS(C)(=O)=O)CC[C@@]43C)[C@H]2CC[C@]2(C1)O[C@@H]1C[C@@H](C)CN[C@@H]1[C@H]2C. The van der Waals surface area contributed by atoms with E-state index in [0.29, 0.717) is 35.3 Å². The molecule has 2 heterocycles. The van der Waals surface area contributed by atoms with Gasteiger partial charge < -0.3 is 10.1 Å². The molecule has 6 rings (SSSR count). The number of piperidine rings is 1. The minimum absolute atomic E-state index is 0.0276. The Morgan fingerprint density at radius 1 is 1.09 bits per heavy atom. The van der Waals surface area contributed by atoms with Crippen LogP contribution in [0, 0.1) is 40.9 Å². The second-order valence-electron chi connectivity index (χ2n) is 14.0. The van der Waals surface area contributed by atoms with Crippen molar-refractivity contribution < 1.29 is 13.2 Å². The van der Waals surface area contributed by atoms with Gasteiger partial charge in [0.05, 0.1) is 18.0 Å². The average molecular weight is 505 g/mol. The van der Waals surface area contributed by atoms with Gasteiger partial charge in [-0.1, -0.05) is 31.9 Å². The Bertz CT molecular complexity index is 994. The normalized spacial score (nSPS) is 52.0. The molecule has 6 aliphatic rings. The van der Waals surface area contributed by atoms with E-state index in [4.69, 9.17) is 4.74 Å². The standard InChI is InChI=1S/C29H48N2O3S/c1-17-12-26-27(30-16-17)19(3)29(34-26)11-9-22-23-7-6-20-13-21(31-35(5,32)33)8-10-28(20,4)25(23)14-24(22)18(2)15-29/h17,19-23,25-27,30-31H,6-16H2,1-5H3/t17-,19-,20-,21+,22-,23+,25-,26-,27-,28+,29-/m1/s1. The summed E-state index contributed by atoms with van der Waals surface area (Å²) < 4.78 is 33.7. The van der Waals surface area contributed by atoms with Crippen molar-refractivity contribution in [2.75, 3.05) is 12.8 Å². The molecule has 2 aliphatic heterocycles. The quantitative estimate of drug-likeness (QED) is 0.518. The van der Waals surface area contributed by atoms with E-state index in [1.54, 1.807) is 11.1 Å². The van der Waals surface area contributed by atoms with Crippen molar-refractivity contribution in [3.63, 3.8) is 0 Å². The third-order valence-electron chi connectivity index (χ3n) is 12.0. The highest BCUT2D eigenvalue weighted by Crippen LogP contribution is 2.65. The summed E-state index contributed by atoms with van der Waals surface area (Å²) in [5, 5.41) is 3.85. The second-order valence-corrected chi connectivity index (χ2v) is 15.8. The number of sulfonamides is 1. The summed E-state index contributed by atoms with van der Waals surface area (Å²) in [5.74, 6) is 4.28. The maximum Gasteiger partial charge on any atom is 0.208 e. The molecule has 0 radical (unpaired) electrons. The fraction of sp³-hybridized carbons (Fsp3) is 0.931. The van der Waals surface area contributed by atoms with Crippen molar-refractivity contribution in [2.24, 2.45) is 40.9 Å². The summed E-state index contributed by atoms with van der Waals surface area (Å²) in [6, 6.07) is 0.660. The predicted molar refractivity (Wildman–Crippen MR) is 140 cm³/mol. The monoisotopic (exact) mass is 504 g/mol. The number of hydrogen-bond donors (Lipinski definition) is 2. The molecule has 0 bridgehead atoms. The summed E-state index contributed by atoms with van der Waals surface area (Å²) in [4.78, 5) is 0. The molecule has 1 spiro atoms. The lowest BCUT2D eigenvalue weighted by molar-refractivity contribution is -0.0746. The Hall–Kier alpha value is -0.430. The summed E-state index contributed by atoms with van der Waals surface area (Å²) in [6.45, 7) is 11.0. The molecule has 11 atom stereocenters. The summed E-state index contributed by atoms with van der Waals surface area (Å²) in [7, 11) is -3.13. The largest absolute Gasteiger partial charge is 0.369 e. The molecule has 0 aromatic rings. The molecule has 2 N–H and O–H groups in total. The number of rotatable bonds is 2. The molecule has 2 saturated heterocycles. The van der Waals surface area contributed by atoms with Crippen molar-refractivity contribution in [2.45, 2.75) is 116 Å². The maximum atomic E-state index is 11.9. The lowest BCUT2D eigenvalue weighted by Crippen LogP contribution is -2.50. The van der Waals surface area contributed by atoms with Crippen molar-refractivity contribution in [1.82, 2.24) is 10.0 Å². The zero-order valence-corrected chi connectivity index (χ0v) is 23.4. The fourth-order valence-electron chi connectivity index (χ4n) is 10.2. The first-order valence-corrected chi connectivity index (χ1v) is 16.5. The molecule has 4 aliphatic carbocycles. The minimum Gasteiger partial charge on any atom is -0.369 e. The van der Waals surface area contributed by atoms with Crippen LogP contribution < -0.4 is 10.0 Å². The molecule has 3 saturated carbocycles. The first kappa shape index (κ1) is 24.9. The number of allylic oxidation sites excluding steroid dienone is 1. The van der Waals surface area contributed by atoms with Gasteiger partial charge in [0.25, 0.3) is 0 Å². The molecule has 0 unspecified atom stereocenters. The van der Waals surface area contributed by atoms with E-state index in [1.165, 1.54) is 51.2 Å². The molecular weight excluding hydrogens is 456 g/mol. The Balaban J connectivity index is 1.22. The Labute approximate surface area is 213 Å².